The normalized spacial score (nSPS) is 10.9. The molecule has 0 aromatic carbocycles. The van der Waals surface area contributed by atoms with Gasteiger partial charge >= 0.3 is 0 Å². The Labute approximate surface area is 114 Å². The third-order valence-corrected chi connectivity index (χ3v) is 3.29. The minimum atomic E-state index is 0.245. The summed E-state index contributed by atoms with van der Waals surface area (Å²) in [5.41, 5.74) is 0. The molecule has 0 aliphatic heterocycles. The van der Waals surface area contributed by atoms with Gasteiger partial charge < -0.3 is 5.32 Å². The summed E-state index contributed by atoms with van der Waals surface area (Å²) in [7, 11) is 0. The number of carbonyl (C=O) groups is 1. The maximum absolute atomic E-state index is 11.5. The maximum Gasteiger partial charge on any atom is 0.219 e. The molecule has 0 unspecified atom stereocenters. The number of nitrogens with one attached hydrogen (secondary N) is 1. The molecule has 2 heteroatoms. The summed E-state index contributed by atoms with van der Waals surface area (Å²) in [6.45, 7) is 7.60. The molecule has 1 amide bonds. The molecule has 0 fully saturated rings. The number of hydrogen-bond donors (Lipinski definition) is 1. The molecule has 0 aliphatic carbocycles. The van der Waals surface area contributed by atoms with Crippen molar-refractivity contribution in [3.63, 3.8) is 0 Å². The number of hydrogen-bond acceptors (Lipinski definition) is 1. The van der Waals surface area contributed by atoms with Crippen LogP contribution in [-0.2, 0) is 4.79 Å². The number of carbonyl (C=O) groups excluding carboxylic acids is 1. The average Bonchev–Trinajstić information content (AvgIpc) is 2.33. The molecule has 0 heterocycles. The third-order valence-electron chi connectivity index (χ3n) is 3.29. The van der Waals surface area contributed by atoms with Gasteiger partial charge in [0.25, 0.3) is 0 Å². The highest BCUT2D eigenvalue weighted by Crippen LogP contribution is 2.09. The van der Waals surface area contributed by atoms with E-state index in [1.165, 1.54) is 44.9 Å². The van der Waals surface area contributed by atoms with Gasteiger partial charge in [-0.05, 0) is 18.8 Å². The molecule has 0 aliphatic rings. The fraction of sp³-hybridized carbons (Fsp3) is 0.938. The van der Waals surface area contributed by atoms with Crippen LogP contribution in [0.3, 0.4) is 0 Å². The molecule has 0 spiro atoms. The van der Waals surface area contributed by atoms with Crippen LogP contribution in [0.15, 0.2) is 0 Å². The van der Waals surface area contributed by atoms with Crippen LogP contribution in [0.5, 0.6) is 0 Å². The lowest BCUT2D eigenvalue weighted by molar-refractivity contribution is -0.121. The Morgan fingerprint density at radius 2 is 1.61 bits per heavy atom. The highest BCUT2D eigenvalue weighted by molar-refractivity contribution is 5.75. The quantitative estimate of drug-likeness (QED) is 0.504. The second-order valence-corrected chi connectivity index (χ2v) is 5.76. The van der Waals surface area contributed by atoms with Gasteiger partial charge in [-0.2, -0.15) is 0 Å². The van der Waals surface area contributed by atoms with E-state index in [1.54, 1.807) is 0 Å². The van der Waals surface area contributed by atoms with Crippen LogP contribution in [0.25, 0.3) is 0 Å². The molecular weight excluding hydrogens is 222 g/mol. The first-order valence-corrected chi connectivity index (χ1v) is 7.93. The first kappa shape index (κ1) is 17.5. The van der Waals surface area contributed by atoms with Gasteiger partial charge in [0.1, 0.15) is 0 Å². The summed E-state index contributed by atoms with van der Waals surface area (Å²) in [6.07, 6.45) is 11.8. The van der Waals surface area contributed by atoms with Gasteiger partial charge in [0.2, 0.25) is 5.91 Å². The zero-order valence-corrected chi connectivity index (χ0v) is 12.8. The summed E-state index contributed by atoms with van der Waals surface area (Å²) < 4.78 is 0. The molecule has 0 aromatic rings. The van der Waals surface area contributed by atoms with Crippen molar-refractivity contribution in [2.24, 2.45) is 5.92 Å². The lowest BCUT2D eigenvalue weighted by Gasteiger charge is -2.06. The summed E-state index contributed by atoms with van der Waals surface area (Å²) >= 11 is 0. The zero-order chi connectivity index (χ0) is 13.6. The molecule has 0 radical (unpaired) electrons. The molecule has 18 heavy (non-hydrogen) atoms. The van der Waals surface area contributed by atoms with E-state index in [-0.39, 0.29) is 5.91 Å². The topological polar surface area (TPSA) is 29.1 Å². The average molecular weight is 255 g/mol. The third kappa shape index (κ3) is 13.5. The molecule has 0 aromatic heterocycles. The van der Waals surface area contributed by atoms with Crippen molar-refractivity contribution in [3.05, 3.63) is 0 Å². The highest BCUT2D eigenvalue weighted by atomic mass is 16.1. The van der Waals surface area contributed by atoms with Crippen molar-refractivity contribution >= 4 is 5.91 Å². The predicted molar refractivity (Wildman–Crippen MR) is 79.7 cm³/mol. The Bertz CT molecular complexity index is 190. The summed E-state index contributed by atoms with van der Waals surface area (Å²) in [5.74, 6) is 1.04. The minimum absolute atomic E-state index is 0.245. The van der Waals surface area contributed by atoms with Crippen LogP contribution >= 0.6 is 0 Å². The summed E-state index contributed by atoms with van der Waals surface area (Å²) in [4.78, 5) is 11.5. The monoisotopic (exact) mass is 255 g/mol. The second kappa shape index (κ2) is 12.9. The Kier molecular flexibility index (Phi) is 12.5. The number of rotatable bonds is 12. The molecule has 1 N–H and O–H groups in total. The van der Waals surface area contributed by atoms with E-state index in [2.05, 4.69) is 26.1 Å². The van der Waals surface area contributed by atoms with E-state index in [1.807, 2.05) is 0 Å². The van der Waals surface area contributed by atoms with Crippen LogP contribution in [0.1, 0.15) is 85.0 Å². The van der Waals surface area contributed by atoms with Gasteiger partial charge in [-0.15, -0.1) is 0 Å². The van der Waals surface area contributed by atoms with Crippen LogP contribution in [0.4, 0.5) is 0 Å². The first-order valence-electron chi connectivity index (χ1n) is 7.93. The van der Waals surface area contributed by atoms with Crippen LogP contribution in [0, 0.1) is 5.92 Å². The zero-order valence-electron chi connectivity index (χ0n) is 12.8. The van der Waals surface area contributed by atoms with Gasteiger partial charge in [0.05, 0.1) is 0 Å². The largest absolute Gasteiger partial charge is 0.356 e. The van der Waals surface area contributed by atoms with E-state index in [0.717, 1.165) is 25.3 Å². The van der Waals surface area contributed by atoms with Crippen molar-refractivity contribution in [1.29, 1.82) is 0 Å². The summed E-state index contributed by atoms with van der Waals surface area (Å²) in [5, 5.41) is 3.02. The van der Waals surface area contributed by atoms with Gasteiger partial charge in [0.15, 0.2) is 0 Å². The summed E-state index contributed by atoms with van der Waals surface area (Å²) in [6, 6.07) is 0. The molecule has 0 atom stereocenters. The lowest BCUT2D eigenvalue weighted by atomic mass is 10.0. The van der Waals surface area contributed by atoms with E-state index in [4.69, 9.17) is 0 Å². The smallest absolute Gasteiger partial charge is 0.219 e. The fourth-order valence-electron chi connectivity index (χ4n) is 2.06. The van der Waals surface area contributed by atoms with E-state index >= 15 is 0 Å². The number of amides is 1. The second-order valence-electron chi connectivity index (χ2n) is 5.76. The Balaban J connectivity index is 3.17. The molecular formula is C16H33NO. The minimum Gasteiger partial charge on any atom is -0.356 e. The first-order chi connectivity index (χ1) is 8.66. The fourth-order valence-corrected chi connectivity index (χ4v) is 2.06. The molecule has 0 rings (SSSR count). The van der Waals surface area contributed by atoms with Gasteiger partial charge in [-0.1, -0.05) is 65.7 Å². The molecule has 2 nitrogen and oxygen atoms in total. The SMILES string of the molecule is CCCCCCCNC(=O)CCCCCC(C)C. The predicted octanol–water partition coefficient (Wildman–Crippen LogP) is 4.68. The molecule has 0 saturated carbocycles. The van der Waals surface area contributed by atoms with Gasteiger partial charge in [0, 0.05) is 13.0 Å². The number of unbranched alkanes of at least 4 members (excludes halogenated alkanes) is 6. The van der Waals surface area contributed by atoms with Crippen molar-refractivity contribution < 1.29 is 4.79 Å². The molecule has 0 bridgehead atoms. The van der Waals surface area contributed by atoms with Crippen molar-refractivity contribution in [2.45, 2.75) is 85.0 Å². The van der Waals surface area contributed by atoms with Crippen LogP contribution < -0.4 is 5.32 Å². The van der Waals surface area contributed by atoms with Gasteiger partial charge in [-0.3, -0.25) is 4.79 Å². The van der Waals surface area contributed by atoms with Crippen LogP contribution in [0.2, 0.25) is 0 Å². The standard InChI is InChI=1S/C16H33NO/c1-4-5-6-7-11-14-17-16(18)13-10-8-9-12-15(2)3/h15H,4-14H2,1-3H3,(H,17,18). The maximum atomic E-state index is 11.5. The van der Waals surface area contributed by atoms with Gasteiger partial charge in [-0.25, -0.2) is 0 Å². The molecule has 108 valence electrons. The lowest BCUT2D eigenvalue weighted by Crippen LogP contribution is -2.23. The van der Waals surface area contributed by atoms with Crippen molar-refractivity contribution in [1.82, 2.24) is 5.32 Å². The van der Waals surface area contributed by atoms with Crippen LogP contribution in [-0.4, -0.2) is 12.5 Å². The van der Waals surface area contributed by atoms with E-state index in [0.29, 0.717) is 6.42 Å². The Morgan fingerprint density at radius 1 is 0.944 bits per heavy atom. The highest BCUT2D eigenvalue weighted by Gasteiger charge is 2.00. The van der Waals surface area contributed by atoms with Crippen molar-refractivity contribution in [3.8, 4) is 0 Å². The van der Waals surface area contributed by atoms with E-state index < -0.39 is 0 Å². The van der Waals surface area contributed by atoms with E-state index in [9.17, 15) is 4.79 Å². The molecule has 0 saturated heterocycles. The Morgan fingerprint density at radius 3 is 2.28 bits per heavy atom. The van der Waals surface area contributed by atoms with Crippen molar-refractivity contribution in [2.75, 3.05) is 6.54 Å². The Hall–Kier alpha value is -0.530.